The molecule has 3 amide bonds. The summed E-state index contributed by atoms with van der Waals surface area (Å²) in [7, 11) is 0. The molecule has 0 bridgehead atoms. The van der Waals surface area contributed by atoms with Crippen LogP contribution < -0.4 is 20.9 Å². The second-order valence-electron chi connectivity index (χ2n) is 15.8. The number of piperidine rings is 2. The molecule has 0 spiro atoms. The SMILES string of the molecule is O=C1CCC(Nc2cccc(NC(=O)CN3CCN(CC4CCN(c5ccc([C@@H]6c7ccc(O)cc7CC[C@@H]6c6ccccc6)cc5)CC4)CC3)c2)C(=O)N1. The van der Waals surface area contributed by atoms with Crippen molar-refractivity contribution in [1.82, 2.24) is 15.1 Å². The Kier molecular flexibility index (Phi) is 11.1. The monoisotopic (exact) mass is 740 g/mol. The lowest BCUT2D eigenvalue weighted by atomic mass is 9.69. The van der Waals surface area contributed by atoms with Crippen molar-refractivity contribution in [2.24, 2.45) is 5.92 Å². The number of phenols is 1. The number of rotatable bonds is 10. The van der Waals surface area contributed by atoms with E-state index >= 15 is 0 Å². The zero-order valence-electron chi connectivity index (χ0n) is 31.5. The topological polar surface area (TPSA) is 117 Å². The standard InChI is InChI=1S/C45H52N6O4/c52-38-14-16-40-34(27-38)11-15-39(32-5-2-1-3-6-32)44(40)33-9-12-37(13-10-33)51-21-19-31(20-22-51)29-49-23-25-50(26-24-49)30-43(54)47-36-8-4-7-35(28-36)46-41-17-18-42(53)48-45(41)55/h1-10,12-14,16,27-28,31,39,41,44,46,52H,11,15,17-26,29-30H2,(H,47,54)(H,48,53,55)/t39-,41?,44+/m1/s1. The summed E-state index contributed by atoms with van der Waals surface area (Å²) in [5, 5.41) is 18.8. The summed E-state index contributed by atoms with van der Waals surface area (Å²) in [6.07, 6.45) is 5.15. The van der Waals surface area contributed by atoms with Crippen molar-refractivity contribution in [3.63, 3.8) is 0 Å². The molecule has 3 atom stereocenters. The highest BCUT2D eigenvalue weighted by Crippen LogP contribution is 2.47. The lowest BCUT2D eigenvalue weighted by Gasteiger charge is -2.39. The predicted octanol–water partition coefficient (Wildman–Crippen LogP) is 5.94. The fourth-order valence-electron chi connectivity index (χ4n) is 9.16. The lowest BCUT2D eigenvalue weighted by Crippen LogP contribution is -2.50. The average Bonchev–Trinajstić information content (AvgIpc) is 3.20. The van der Waals surface area contributed by atoms with Gasteiger partial charge in [-0.1, -0.05) is 54.6 Å². The van der Waals surface area contributed by atoms with Gasteiger partial charge in [0.05, 0.1) is 6.54 Å². The van der Waals surface area contributed by atoms with Gasteiger partial charge in [-0.15, -0.1) is 0 Å². The van der Waals surface area contributed by atoms with Gasteiger partial charge in [0.25, 0.3) is 0 Å². The molecule has 3 heterocycles. The van der Waals surface area contributed by atoms with Crippen LogP contribution in [0.15, 0.2) is 97.1 Å². The van der Waals surface area contributed by atoms with Crippen molar-refractivity contribution in [3.05, 3.63) is 119 Å². The highest BCUT2D eigenvalue weighted by Gasteiger charge is 2.33. The summed E-state index contributed by atoms with van der Waals surface area (Å²) in [5.74, 6) is 1.07. The molecule has 4 aromatic rings. The van der Waals surface area contributed by atoms with E-state index in [-0.39, 0.29) is 23.6 Å². The number of imide groups is 1. The summed E-state index contributed by atoms with van der Waals surface area (Å²) in [6.45, 7) is 7.25. The Labute approximate surface area is 323 Å². The molecule has 55 heavy (non-hydrogen) atoms. The van der Waals surface area contributed by atoms with Gasteiger partial charge in [-0.3, -0.25) is 24.6 Å². The van der Waals surface area contributed by atoms with E-state index in [0.29, 0.717) is 42.7 Å². The van der Waals surface area contributed by atoms with E-state index in [0.717, 1.165) is 64.3 Å². The maximum Gasteiger partial charge on any atom is 0.249 e. The molecular weight excluding hydrogens is 689 g/mol. The second-order valence-corrected chi connectivity index (χ2v) is 15.8. The molecule has 4 aliphatic rings. The van der Waals surface area contributed by atoms with Crippen LogP contribution in [0.2, 0.25) is 0 Å². The van der Waals surface area contributed by atoms with Crippen LogP contribution in [0.5, 0.6) is 5.75 Å². The number of nitrogens with zero attached hydrogens (tertiary/aromatic N) is 3. The Morgan fingerprint density at radius 1 is 0.727 bits per heavy atom. The molecule has 0 radical (unpaired) electrons. The number of phenolic OH excluding ortho intramolecular Hbond substituents is 1. The number of aryl methyl sites for hydroxylation is 1. The number of benzene rings is 4. The molecule has 286 valence electrons. The molecule has 1 aliphatic carbocycles. The highest BCUT2D eigenvalue weighted by molar-refractivity contribution is 6.01. The molecule has 10 heteroatoms. The molecule has 0 aromatic heterocycles. The number of anilines is 3. The minimum Gasteiger partial charge on any atom is -0.508 e. The molecule has 0 saturated carbocycles. The minimum absolute atomic E-state index is 0.0492. The van der Waals surface area contributed by atoms with E-state index in [9.17, 15) is 19.5 Å². The summed E-state index contributed by atoms with van der Waals surface area (Å²) in [4.78, 5) is 43.9. The van der Waals surface area contributed by atoms with Gasteiger partial charge in [-0.2, -0.15) is 0 Å². The summed E-state index contributed by atoms with van der Waals surface area (Å²) in [5.41, 5.74) is 8.01. The average molecular weight is 741 g/mol. The Morgan fingerprint density at radius 3 is 2.24 bits per heavy atom. The molecule has 8 rings (SSSR count). The maximum absolute atomic E-state index is 12.9. The van der Waals surface area contributed by atoms with Crippen molar-refractivity contribution in [1.29, 1.82) is 0 Å². The van der Waals surface area contributed by atoms with Gasteiger partial charge < -0.3 is 25.5 Å². The summed E-state index contributed by atoms with van der Waals surface area (Å²) >= 11 is 0. The second kappa shape index (κ2) is 16.7. The normalized spacial score (nSPS) is 22.5. The first-order chi connectivity index (χ1) is 26.8. The van der Waals surface area contributed by atoms with Crippen molar-refractivity contribution in [2.45, 2.75) is 56.4 Å². The Balaban J connectivity index is 0.789. The number of fused-ring (bicyclic) bond motifs is 1. The highest BCUT2D eigenvalue weighted by atomic mass is 16.3. The van der Waals surface area contributed by atoms with Crippen molar-refractivity contribution < 1.29 is 19.5 Å². The number of hydrogen-bond donors (Lipinski definition) is 4. The van der Waals surface area contributed by atoms with E-state index in [1.807, 2.05) is 36.4 Å². The first-order valence-electron chi connectivity index (χ1n) is 20.0. The largest absolute Gasteiger partial charge is 0.508 e. The van der Waals surface area contributed by atoms with Gasteiger partial charge in [0.2, 0.25) is 17.7 Å². The fourth-order valence-corrected chi connectivity index (χ4v) is 9.16. The minimum atomic E-state index is -0.469. The first-order valence-corrected chi connectivity index (χ1v) is 20.0. The number of amides is 3. The quantitative estimate of drug-likeness (QED) is 0.148. The van der Waals surface area contributed by atoms with Crippen LogP contribution in [0.3, 0.4) is 0 Å². The fraction of sp³-hybridized carbons (Fsp3) is 0.400. The number of aromatic hydroxyl groups is 1. The van der Waals surface area contributed by atoms with Crippen molar-refractivity contribution >= 4 is 34.8 Å². The van der Waals surface area contributed by atoms with Gasteiger partial charge in [-0.25, -0.2) is 0 Å². The number of nitrogens with one attached hydrogen (secondary N) is 3. The number of carbonyl (C=O) groups is 3. The van der Waals surface area contributed by atoms with Gasteiger partial charge in [-0.05, 0) is 109 Å². The van der Waals surface area contributed by atoms with Gasteiger partial charge in [0, 0.05) is 75.2 Å². The number of piperazine rings is 1. The van der Waals surface area contributed by atoms with E-state index in [4.69, 9.17) is 0 Å². The van der Waals surface area contributed by atoms with Crippen LogP contribution in [0.25, 0.3) is 0 Å². The maximum atomic E-state index is 12.9. The molecular formula is C45H52N6O4. The Hall–Kier alpha value is -5.19. The first kappa shape index (κ1) is 36.8. The van der Waals surface area contributed by atoms with E-state index in [1.54, 1.807) is 0 Å². The molecule has 1 unspecified atom stereocenters. The summed E-state index contributed by atoms with van der Waals surface area (Å²) in [6, 6.07) is 33.0. The Morgan fingerprint density at radius 2 is 1.47 bits per heavy atom. The van der Waals surface area contributed by atoms with Gasteiger partial charge in [0.15, 0.2) is 0 Å². The summed E-state index contributed by atoms with van der Waals surface area (Å²) < 4.78 is 0. The third kappa shape index (κ3) is 8.87. The molecule has 3 saturated heterocycles. The number of hydrogen-bond acceptors (Lipinski definition) is 8. The van der Waals surface area contributed by atoms with Crippen LogP contribution in [-0.4, -0.2) is 91.0 Å². The van der Waals surface area contributed by atoms with Crippen molar-refractivity contribution in [2.75, 3.05) is 67.9 Å². The van der Waals surface area contributed by atoms with Crippen molar-refractivity contribution in [3.8, 4) is 5.75 Å². The third-order valence-electron chi connectivity index (χ3n) is 12.1. The molecule has 10 nitrogen and oxygen atoms in total. The molecule has 4 N–H and O–H groups in total. The Bertz CT molecular complexity index is 1970. The van der Waals surface area contributed by atoms with Crippen LogP contribution in [-0.2, 0) is 20.8 Å². The van der Waals surface area contributed by atoms with Crippen LogP contribution in [0.1, 0.15) is 66.2 Å². The zero-order valence-corrected chi connectivity index (χ0v) is 31.5. The van der Waals surface area contributed by atoms with Gasteiger partial charge >= 0.3 is 0 Å². The molecule has 4 aromatic carbocycles. The van der Waals surface area contributed by atoms with Crippen LogP contribution in [0.4, 0.5) is 17.1 Å². The van der Waals surface area contributed by atoms with E-state index in [1.165, 1.54) is 40.8 Å². The molecule has 3 aliphatic heterocycles. The van der Waals surface area contributed by atoms with Crippen LogP contribution in [0, 0.1) is 5.92 Å². The van der Waals surface area contributed by atoms with E-state index < -0.39 is 6.04 Å². The predicted molar refractivity (Wildman–Crippen MR) is 217 cm³/mol. The lowest BCUT2D eigenvalue weighted by molar-refractivity contribution is -0.133. The van der Waals surface area contributed by atoms with Gasteiger partial charge in [0.1, 0.15) is 11.8 Å². The number of carbonyl (C=O) groups excluding carboxylic acids is 3. The van der Waals surface area contributed by atoms with Crippen LogP contribution >= 0.6 is 0 Å². The zero-order chi connectivity index (χ0) is 37.7. The smallest absolute Gasteiger partial charge is 0.249 e. The third-order valence-corrected chi connectivity index (χ3v) is 12.1. The van der Waals surface area contributed by atoms with E-state index in [2.05, 4.69) is 91.3 Å². The molecule has 3 fully saturated rings.